The molecule has 0 unspecified atom stereocenters. The van der Waals surface area contributed by atoms with Crippen molar-refractivity contribution in [3.8, 4) is 0 Å². The van der Waals surface area contributed by atoms with E-state index in [1.165, 1.54) is 4.90 Å². The predicted molar refractivity (Wildman–Crippen MR) is 83.6 cm³/mol. The minimum absolute atomic E-state index is 0.0743. The molecule has 0 aromatic heterocycles. The van der Waals surface area contributed by atoms with E-state index >= 15 is 0 Å². The maximum atomic E-state index is 11.8. The average Bonchev–Trinajstić information content (AvgIpc) is 2.42. The van der Waals surface area contributed by atoms with Gasteiger partial charge in [-0.3, -0.25) is 4.79 Å². The molecule has 1 amide bonds. The largest absolute Gasteiger partial charge is 0.397 e. The van der Waals surface area contributed by atoms with Crippen molar-refractivity contribution in [1.29, 1.82) is 0 Å². The summed E-state index contributed by atoms with van der Waals surface area (Å²) >= 11 is 5.84. The molecule has 0 saturated carbocycles. The predicted octanol–water partition coefficient (Wildman–Crippen LogP) is 3.37. The van der Waals surface area contributed by atoms with Gasteiger partial charge in [0, 0.05) is 30.4 Å². The first-order chi connectivity index (χ1) is 9.47. The highest BCUT2D eigenvalue weighted by molar-refractivity contribution is 6.30. The van der Waals surface area contributed by atoms with Crippen LogP contribution >= 0.6 is 11.6 Å². The fourth-order valence-corrected chi connectivity index (χ4v) is 1.88. The van der Waals surface area contributed by atoms with Crippen LogP contribution in [0.5, 0.6) is 0 Å². The molecule has 0 fully saturated rings. The van der Waals surface area contributed by atoms with Crippen LogP contribution in [0.25, 0.3) is 0 Å². The zero-order valence-electron chi connectivity index (χ0n) is 11.4. The number of halogens is 1. The van der Waals surface area contributed by atoms with E-state index in [1.807, 2.05) is 12.1 Å². The summed E-state index contributed by atoms with van der Waals surface area (Å²) in [5.74, 6) is -0.0743. The number of benzene rings is 2. The molecule has 0 aliphatic rings. The number of nitrogens with one attached hydrogen (secondary N) is 1. The molecule has 4 nitrogen and oxygen atoms in total. The quantitative estimate of drug-likeness (QED) is 0.852. The van der Waals surface area contributed by atoms with Gasteiger partial charge in [0.05, 0.1) is 11.4 Å². The topological polar surface area (TPSA) is 58.4 Å². The Morgan fingerprint density at radius 2 is 1.80 bits per heavy atom. The van der Waals surface area contributed by atoms with Gasteiger partial charge < -0.3 is 16.0 Å². The molecule has 0 aliphatic heterocycles. The number of anilines is 3. The van der Waals surface area contributed by atoms with E-state index in [2.05, 4.69) is 5.32 Å². The second-order valence-corrected chi connectivity index (χ2v) is 5.07. The highest BCUT2D eigenvalue weighted by Gasteiger charge is 2.10. The van der Waals surface area contributed by atoms with Crippen molar-refractivity contribution in [1.82, 2.24) is 4.90 Å². The lowest BCUT2D eigenvalue weighted by molar-refractivity contribution is 0.0827. The number of nitrogen functional groups attached to an aromatic ring is 1. The van der Waals surface area contributed by atoms with Crippen LogP contribution in [0.3, 0.4) is 0 Å². The number of nitrogens with zero attached hydrogens (tertiary/aromatic N) is 1. The first kappa shape index (κ1) is 14.2. The Labute approximate surface area is 123 Å². The third kappa shape index (κ3) is 3.22. The summed E-state index contributed by atoms with van der Waals surface area (Å²) in [4.78, 5) is 13.4. The number of rotatable bonds is 3. The molecule has 0 radical (unpaired) electrons. The average molecular weight is 290 g/mol. The van der Waals surface area contributed by atoms with Gasteiger partial charge in [0.2, 0.25) is 0 Å². The van der Waals surface area contributed by atoms with Crippen LogP contribution < -0.4 is 11.1 Å². The molecule has 0 spiro atoms. The van der Waals surface area contributed by atoms with E-state index in [0.29, 0.717) is 16.3 Å². The van der Waals surface area contributed by atoms with Crippen molar-refractivity contribution in [3.05, 3.63) is 53.1 Å². The van der Waals surface area contributed by atoms with Crippen LogP contribution in [-0.2, 0) is 0 Å². The van der Waals surface area contributed by atoms with E-state index in [-0.39, 0.29) is 5.91 Å². The van der Waals surface area contributed by atoms with Crippen molar-refractivity contribution < 1.29 is 4.79 Å². The Balaban J connectivity index is 2.22. The van der Waals surface area contributed by atoms with Gasteiger partial charge in [-0.2, -0.15) is 0 Å². The summed E-state index contributed by atoms with van der Waals surface area (Å²) in [5.41, 5.74) is 8.70. The summed E-state index contributed by atoms with van der Waals surface area (Å²) in [6, 6.07) is 12.5. The molecule has 0 aliphatic carbocycles. The summed E-state index contributed by atoms with van der Waals surface area (Å²) in [6.07, 6.45) is 0. The van der Waals surface area contributed by atoms with Crippen molar-refractivity contribution in [2.75, 3.05) is 25.1 Å². The van der Waals surface area contributed by atoms with E-state index in [4.69, 9.17) is 17.3 Å². The minimum Gasteiger partial charge on any atom is -0.397 e. The Kier molecular flexibility index (Phi) is 4.15. The lowest BCUT2D eigenvalue weighted by Crippen LogP contribution is -2.21. The van der Waals surface area contributed by atoms with E-state index in [1.54, 1.807) is 44.4 Å². The van der Waals surface area contributed by atoms with Crippen molar-refractivity contribution in [2.45, 2.75) is 0 Å². The molecule has 20 heavy (non-hydrogen) atoms. The van der Waals surface area contributed by atoms with Gasteiger partial charge in [-0.15, -0.1) is 0 Å². The fraction of sp³-hybridized carbons (Fsp3) is 0.133. The van der Waals surface area contributed by atoms with Gasteiger partial charge in [-0.05, 0) is 42.5 Å². The second-order valence-electron chi connectivity index (χ2n) is 4.63. The molecule has 0 saturated heterocycles. The first-order valence-corrected chi connectivity index (χ1v) is 6.49. The summed E-state index contributed by atoms with van der Waals surface area (Å²) in [5, 5.41) is 3.86. The molecule has 2 aromatic carbocycles. The Bertz CT molecular complexity index is 624. The second kappa shape index (κ2) is 5.84. The normalized spacial score (nSPS) is 10.2. The number of amides is 1. The zero-order chi connectivity index (χ0) is 14.7. The molecule has 0 bridgehead atoms. The SMILES string of the molecule is CN(C)C(=O)c1ccc(Nc2ccc(Cl)cc2)c(N)c1. The number of hydrogen-bond donors (Lipinski definition) is 2. The number of hydrogen-bond acceptors (Lipinski definition) is 3. The molecule has 0 atom stereocenters. The van der Waals surface area contributed by atoms with Crippen molar-refractivity contribution >= 4 is 34.6 Å². The van der Waals surface area contributed by atoms with Crippen LogP contribution in [0.2, 0.25) is 5.02 Å². The standard InChI is InChI=1S/C15H16ClN3O/c1-19(2)15(20)10-3-8-14(13(17)9-10)18-12-6-4-11(16)5-7-12/h3-9,18H,17H2,1-2H3. The Morgan fingerprint density at radius 3 is 2.35 bits per heavy atom. The Hall–Kier alpha value is -2.20. The molecule has 5 heteroatoms. The third-order valence-corrected chi connectivity index (χ3v) is 3.08. The summed E-state index contributed by atoms with van der Waals surface area (Å²) in [7, 11) is 3.41. The highest BCUT2D eigenvalue weighted by Crippen LogP contribution is 2.25. The highest BCUT2D eigenvalue weighted by atomic mass is 35.5. The lowest BCUT2D eigenvalue weighted by atomic mass is 10.1. The van der Waals surface area contributed by atoms with Gasteiger partial charge in [0.25, 0.3) is 5.91 Å². The molecular formula is C15H16ClN3O. The van der Waals surface area contributed by atoms with Crippen LogP contribution in [0.4, 0.5) is 17.1 Å². The van der Waals surface area contributed by atoms with Crippen molar-refractivity contribution in [3.63, 3.8) is 0 Å². The molecule has 0 heterocycles. The summed E-state index contributed by atoms with van der Waals surface area (Å²) < 4.78 is 0. The molecular weight excluding hydrogens is 274 g/mol. The molecule has 3 N–H and O–H groups in total. The van der Waals surface area contributed by atoms with E-state index in [9.17, 15) is 4.79 Å². The third-order valence-electron chi connectivity index (χ3n) is 2.83. The van der Waals surface area contributed by atoms with Gasteiger partial charge in [-0.25, -0.2) is 0 Å². The maximum absolute atomic E-state index is 11.8. The van der Waals surface area contributed by atoms with Crippen LogP contribution in [0.15, 0.2) is 42.5 Å². The van der Waals surface area contributed by atoms with E-state index < -0.39 is 0 Å². The first-order valence-electron chi connectivity index (χ1n) is 6.11. The molecule has 104 valence electrons. The van der Waals surface area contributed by atoms with Crippen LogP contribution in [0, 0.1) is 0 Å². The molecule has 2 rings (SSSR count). The number of carbonyl (C=O) groups excluding carboxylic acids is 1. The van der Waals surface area contributed by atoms with Gasteiger partial charge >= 0.3 is 0 Å². The molecule has 2 aromatic rings. The fourth-order valence-electron chi connectivity index (χ4n) is 1.76. The summed E-state index contributed by atoms with van der Waals surface area (Å²) in [6.45, 7) is 0. The Morgan fingerprint density at radius 1 is 1.15 bits per heavy atom. The lowest BCUT2D eigenvalue weighted by Gasteiger charge is -2.13. The van der Waals surface area contributed by atoms with E-state index in [0.717, 1.165) is 11.4 Å². The smallest absolute Gasteiger partial charge is 0.253 e. The van der Waals surface area contributed by atoms with Gasteiger partial charge in [0.15, 0.2) is 0 Å². The van der Waals surface area contributed by atoms with Crippen LogP contribution in [0.1, 0.15) is 10.4 Å². The number of nitrogens with two attached hydrogens (primary N) is 1. The minimum atomic E-state index is -0.0743. The van der Waals surface area contributed by atoms with Gasteiger partial charge in [-0.1, -0.05) is 11.6 Å². The van der Waals surface area contributed by atoms with Crippen LogP contribution in [-0.4, -0.2) is 24.9 Å². The monoisotopic (exact) mass is 289 g/mol. The zero-order valence-corrected chi connectivity index (χ0v) is 12.1. The van der Waals surface area contributed by atoms with Gasteiger partial charge in [0.1, 0.15) is 0 Å². The maximum Gasteiger partial charge on any atom is 0.253 e. The van der Waals surface area contributed by atoms with Crippen molar-refractivity contribution in [2.24, 2.45) is 0 Å². The number of carbonyl (C=O) groups is 1.